The SMILES string of the molecule is Cc1noc(C)c1CC(=O)N1CCCCCCNC(=O)CC1. The average molecular weight is 307 g/mol. The third-order valence-electron chi connectivity index (χ3n) is 4.15. The first-order valence-corrected chi connectivity index (χ1v) is 8.04. The number of aryl methyl sites for hydroxylation is 2. The van der Waals surface area contributed by atoms with E-state index in [1.165, 1.54) is 0 Å². The Morgan fingerprint density at radius 1 is 1.23 bits per heavy atom. The maximum absolute atomic E-state index is 12.6. The van der Waals surface area contributed by atoms with Gasteiger partial charge in [-0.15, -0.1) is 0 Å². The lowest BCUT2D eigenvalue weighted by molar-refractivity contribution is -0.131. The largest absolute Gasteiger partial charge is 0.361 e. The first kappa shape index (κ1) is 16.5. The van der Waals surface area contributed by atoms with E-state index in [0.29, 0.717) is 25.1 Å². The number of aromatic nitrogens is 1. The van der Waals surface area contributed by atoms with Crippen molar-refractivity contribution >= 4 is 11.8 Å². The third kappa shape index (κ3) is 4.58. The molecule has 1 N–H and O–H groups in total. The highest BCUT2D eigenvalue weighted by Crippen LogP contribution is 2.15. The summed E-state index contributed by atoms with van der Waals surface area (Å²) in [7, 11) is 0. The number of hydrogen-bond donors (Lipinski definition) is 1. The molecule has 0 saturated carbocycles. The fourth-order valence-electron chi connectivity index (χ4n) is 2.71. The van der Waals surface area contributed by atoms with E-state index in [0.717, 1.165) is 50.0 Å². The van der Waals surface area contributed by atoms with Crippen molar-refractivity contribution in [1.82, 2.24) is 15.4 Å². The van der Waals surface area contributed by atoms with Crippen LogP contribution in [0.25, 0.3) is 0 Å². The Hall–Kier alpha value is -1.85. The highest BCUT2D eigenvalue weighted by atomic mass is 16.5. The summed E-state index contributed by atoms with van der Waals surface area (Å²) in [6.07, 6.45) is 4.84. The Labute approximate surface area is 131 Å². The molecule has 6 heteroatoms. The van der Waals surface area contributed by atoms with Crippen LogP contribution in [0.1, 0.15) is 49.1 Å². The lowest BCUT2D eigenvalue weighted by atomic mass is 10.1. The minimum absolute atomic E-state index is 0.0250. The number of nitrogens with zero attached hydrogens (tertiary/aromatic N) is 2. The molecule has 1 aromatic heterocycles. The van der Waals surface area contributed by atoms with Gasteiger partial charge in [0, 0.05) is 31.6 Å². The molecule has 2 rings (SSSR count). The zero-order valence-electron chi connectivity index (χ0n) is 13.5. The topological polar surface area (TPSA) is 75.4 Å². The predicted molar refractivity (Wildman–Crippen MR) is 82.4 cm³/mol. The van der Waals surface area contributed by atoms with Gasteiger partial charge in [-0.05, 0) is 26.7 Å². The molecule has 0 radical (unpaired) electrons. The van der Waals surface area contributed by atoms with Crippen LogP contribution in [0.4, 0.5) is 0 Å². The molecule has 122 valence electrons. The lowest BCUT2D eigenvalue weighted by Gasteiger charge is -2.22. The van der Waals surface area contributed by atoms with Crippen LogP contribution in [-0.2, 0) is 16.0 Å². The van der Waals surface area contributed by atoms with Crippen LogP contribution in [0.3, 0.4) is 0 Å². The van der Waals surface area contributed by atoms with Crippen molar-refractivity contribution in [3.8, 4) is 0 Å². The van der Waals surface area contributed by atoms with Gasteiger partial charge in [-0.2, -0.15) is 0 Å². The van der Waals surface area contributed by atoms with Crippen molar-refractivity contribution in [3.63, 3.8) is 0 Å². The minimum atomic E-state index is 0.0250. The quantitative estimate of drug-likeness (QED) is 0.903. The number of carbonyl (C=O) groups excluding carboxylic acids is 2. The molecule has 0 aromatic carbocycles. The van der Waals surface area contributed by atoms with Crippen molar-refractivity contribution < 1.29 is 14.1 Å². The van der Waals surface area contributed by atoms with Crippen molar-refractivity contribution in [2.24, 2.45) is 0 Å². The number of amides is 2. The Balaban J connectivity index is 1.99. The second kappa shape index (κ2) is 7.96. The van der Waals surface area contributed by atoms with Crippen LogP contribution in [0.2, 0.25) is 0 Å². The first-order valence-electron chi connectivity index (χ1n) is 8.04. The molecular formula is C16H25N3O3. The Morgan fingerprint density at radius 2 is 2.00 bits per heavy atom. The van der Waals surface area contributed by atoms with Crippen molar-refractivity contribution in [1.29, 1.82) is 0 Å². The van der Waals surface area contributed by atoms with Crippen molar-refractivity contribution in [2.45, 2.75) is 52.4 Å². The summed E-state index contributed by atoms with van der Waals surface area (Å²) in [5, 5.41) is 6.79. The highest BCUT2D eigenvalue weighted by Gasteiger charge is 2.19. The van der Waals surface area contributed by atoms with Gasteiger partial charge in [-0.25, -0.2) is 0 Å². The van der Waals surface area contributed by atoms with Gasteiger partial charge in [0.15, 0.2) is 0 Å². The number of rotatable bonds is 2. The Bertz CT molecular complexity index is 505. The molecule has 1 fully saturated rings. The second-order valence-corrected chi connectivity index (χ2v) is 5.87. The Morgan fingerprint density at radius 3 is 2.73 bits per heavy atom. The van der Waals surface area contributed by atoms with Gasteiger partial charge in [0.25, 0.3) is 0 Å². The summed E-state index contributed by atoms with van der Waals surface area (Å²) in [5.74, 6) is 0.764. The molecule has 2 amide bonds. The van der Waals surface area contributed by atoms with Crippen LogP contribution < -0.4 is 5.32 Å². The van der Waals surface area contributed by atoms with Gasteiger partial charge >= 0.3 is 0 Å². The van der Waals surface area contributed by atoms with Gasteiger partial charge in [0.2, 0.25) is 11.8 Å². The van der Waals surface area contributed by atoms with Crippen LogP contribution >= 0.6 is 0 Å². The zero-order valence-corrected chi connectivity index (χ0v) is 13.5. The molecule has 6 nitrogen and oxygen atoms in total. The molecule has 1 aromatic rings. The van der Waals surface area contributed by atoms with Crippen molar-refractivity contribution in [3.05, 3.63) is 17.0 Å². The van der Waals surface area contributed by atoms with Crippen LogP contribution in [0.15, 0.2) is 4.52 Å². The monoisotopic (exact) mass is 307 g/mol. The summed E-state index contributed by atoms with van der Waals surface area (Å²) in [6.45, 7) is 5.61. The third-order valence-corrected chi connectivity index (χ3v) is 4.15. The fourth-order valence-corrected chi connectivity index (χ4v) is 2.71. The molecule has 1 aliphatic rings. The standard InChI is InChI=1S/C16H25N3O3/c1-12-14(13(2)22-18-12)11-16(21)19-9-6-4-3-5-8-17-15(20)7-10-19/h3-11H2,1-2H3,(H,17,20). The van der Waals surface area contributed by atoms with Crippen LogP contribution in [0, 0.1) is 13.8 Å². The molecule has 22 heavy (non-hydrogen) atoms. The molecule has 1 aliphatic heterocycles. The minimum Gasteiger partial charge on any atom is -0.361 e. The van der Waals surface area contributed by atoms with Crippen molar-refractivity contribution in [2.75, 3.05) is 19.6 Å². The normalized spacial score (nSPS) is 17.7. The molecule has 0 aliphatic carbocycles. The molecule has 0 unspecified atom stereocenters. The molecule has 2 heterocycles. The molecule has 0 bridgehead atoms. The van der Waals surface area contributed by atoms with E-state index in [9.17, 15) is 9.59 Å². The summed E-state index contributed by atoms with van der Waals surface area (Å²) < 4.78 is 5.11. The zero-order chi connectivity index (χ0) is 15.9. The van der Waals surface area contributed by atoms with Crippen LogP contribution in [0.5, 0.6) is 0 Å². The summed E-state index contributed by atoms with van der Waals surface area (Å²) in [6, 6.07) is 0. The van der Waals surface area contributed by atoms with E-state index in [4.69, 9.17) is 4.52 Å². The van der Waals surface area contributed by atoms with Gasteiger partial charge in [-0.3, -0.25) is 9.59 Å². The number of carbonyl (C=O) groups is 2. The fraction of sp³-hybridized carbons (Fsp3) is 0.688. The van der Waals surface area contributed by atoms with Gasteiger partial charge in [0.05, 0.1) is 12.1 Å². The second-order valence-electron chi connectivity index (χ2n) is 5.87. The van der Waals surface area contributed by atoms with Crippen LogP contribution in [-0.4, -0.2) is 41.5 Å². The smallest absolute Gasteiger partial charge is 0.227 e. The number of nitrogens with one attached hydrogen (secondary N) is 1. The number of hydrogen-bond acceptors (Lipinski definition) is 4. The maximum atomic E-state index is 12.6. The van der Waals surface area contributed by atoms with Gasteiger partial charge in [0.1, 0.15) is 5.76 Å². The van der Waals surface area contributed by atoms with E-state index >= 15 is 0 Å². The highest BCUT2D eigenvalue weighted by molar-refractivity contribution is 5.81. The maximum Gasteiger partial charge on any atom is 0.227 e. The summed E-state index contributed by atoms with van der Waals surface area (Å²) in [5.41, 5.74) is 1.63. The van der Waals surface area contributed by atoms with E-state index in [1.54, 1.807) is 4.90 Å². The lowest BCUT2D eigenvalue weighted by Crippen LogP contribution is -2.36. The first-order chi connectivity index (χ1) is 10.6. The molecule has 1 saturated heterocycles. The van der Waals surface area contributed by atoms with E-state index < -0.39 is 0 Å². The van der Waals surface area contributed by atoms with Gasteiger partial charge in [-0.1, -0.05) is 18.0 Å². The Kier molecular flexibility index (Phi) is 5.98. The average Bonchev–Trinajstić information content (AvgIpc) is 2.78. The molecule has 0 spiro atoms. The predicted octanol–water partition coefficient (Wildman–Crippen LogP) is 1.74. The summed E-state index contributed by atoms with van der Waals surface area (Å²) >= 11 is 0. The van der Waals surface area contributed by atoms with Gasteiger partial charge < -0.3 is 14.7 Å². The molecule has 0 atom stereocenters. The van der Waals surface area contributed by atoms with E-state index in [2.05, 4.69) is 10.5 Å². The van der Waals surface area contributed by atoms with E-state index in [1.807, 2.05) is 13.8 Å². The van der Waals surface area contributed by atoms with E-state index in [-0.39, 0.29) is 11.8 Å². The molecular weight excluding hydrogens is 282 g/mol. The summed E-state index contributed by atoms with van der Waals surface area (Å²) in [4.78, 5) is 26.1.